The molecule has 3 aromatic rings. The summed E-state index contributed by atoms with van der Waals surface area (Å²) in [6, 6.07) is 12.1. The quantitative estimate of drug-likeness (QED) is 0.715. The van der Waals surface area contributed by atoms with Crippen LogP contribution < -0.4 is 20.3 Å². The highest BCUT2D eigenvalue weighted by Gasteiger charge is 2.15. The molecular formula is C19H17N3O5. The van der Waals surface area contributed by atoms with Crippen LogP contribution in [0, 0.1) is 0 Å². The Kier molecular flexibility index (Phi) is 4.61. The molecule has 1 aliphatic heterocycles. The molecular weight excluding hydrogens is 350 g/mol. The molecule has 0 radical (unpaired) electrons. The van der Waals surface area contributed by atoms with Gasteiger partial charge in [-0.2, -0.15) is 5.10 Å². The molecule has 4 rings (SSSR count). The molecule has 0 unspecified atom stereocenters. The van der Waals surface area contributed by atoms with Crippen molar-refractivity contribution in [1.29, 1.82) is 0 Å². The van der Waals surface area contributed by atoms with E-state index >= 15 is 0 Å². The predicted molar refractivity (Wildman–Crippen MR) is 95.2 cm³/mol. The molecule has 3 heterocycles. The normalized spacial score (nSPS) is 12.1. The number of hydrogen-bond donors (Lipinski definition) is 1. The molecule has 8 heteroatoms. The Morgan fingerprint density at radius 1 is 1.15 bits per heavy atom. The number of rotatable bonds is 6. The van der Waals surface area contributed by atoms with E-state index in [0.29, 0.717) is 29.5 Å². The minimum absolute atomic E-state index is 0.137. The van der Waals surface area contributed by atoms with E-state index in [1.807, 2.05) is 12.1 Å². The van der Waals surface area contributed by atoms with E-state index in [4.69, 9.17) is 13.9 Å². The van der Waals surface area contributed by atoms with Crippen molar-refractivity contribution in [2.24, 2.45) is 0 Å². The second-order valence-electron chi connectivity index (χ2n) is 5.95. The number of amides is 1. The summed E-state index contributed by atoms with van der Waals surface area (Å²) in [5.74, 6) is 1.81. The summed E-state index contributed by atoms with van der Waals surface area (Å²) in [6.45, 7) is 0.686. The number of ether oxygens (including phenoxy) is 2. The Morgan fingerprint density at radius 2 is 2.04 bits per heavy atom. The van der Waals surface area contributed by atoms with E-state index < -0.39 is 0 Å². The third-order valence-electron chi connectivity index (χ3n) is 4.13. The van der Waals surface area contributed by atoms with Gasteiger partial charge in [0, 0.05) is 18.1 Å². The van der Waals surface area contributed by atoms with Crippen LogP contribution in [0.5, 0.6) is 11.5 Å². The second kappa shape index (κ2) is 7.36. The first-order chi connectivity index (χ1) is 13.2. The number of aromatic nitrogens is 2. The molecule has 27 heavy (non-hydrogen) atoms. The van der Waals surface area contributed by atoms with Gasteiger partial charge >= 0.3 is 0 Å². The number of benzene rings is 1. The highest BCUT2D eigenvalue weighted by Crippen LogP contribution is 2.35. The van der Waals surface area contributed by atoms with Crippen LogP contribution in [0.2, 0.25) is 0 Å². The van der Waals surface area contributed by atoms with Crippen LogP contribution in [0.3, 0.4) is 0 Å². The molecule has 8 nitrogen and oxygen atoms in total. The van der Waals surface area contributed by atoms with E-state index in [1.54, 1.807) is 30.5 Å². The number of nitrogens with one attached hydrogen (secondary N) is 1. The van der Waals surface area contributed by atoms with Gasteiger partial charge in [-0.05, 0) is 36.4 Å². The Bertz CT molecular complexity index is 1010. The molecule has 1 aromatic carbocycles. The van der Waals surface area contributed by atoms with Gasteiger partial charge in [-0.15, -0.1) is 0 Å². The standard InChI is InChI=1S/C19H17N3O5/c23-18(20-11-14-2-1-9-25-14)7-8-22-19(24)6-4-15(21-22)13-3-5-16-17(10-13)27-12-26-16/h1-6,9-10H,7-8,11-12H2,(H,20,23). The molecule has 2 aromatic heterocycles. The SMILES string of the molecule is O=C(CCn1nc(-c2ccc3c(c2)OCO3)ccc1=O)NCc1ccco1. The lowest BCUT2D eigenvalue weighted by Gasteiger charge is -2.08. The van der Waals surface area contributed by atoms with Gasteiger partial charge in [-0.3, -0.25) is 9.59 Å². The van der Waals surface area contributed by atoms with Crippen molar-refractivity contribution >= 4 is 5.91 Å². The Labute approximate surface area is 154 Å². The number of carbonyl (C=O) groups excluding carboxylic acids is 1. The lowest BCUT2D eigenvalue weighted by Crippen LogP contribution is -2.28. The molecule has 0 bridgehead atoms. The zero-order chi connectivity index (χ0) is 18.6. The van der Waals surface area contributed by atoms with Crippen LogP contribution in [0.1, 0.15) is 12.2 Å². The van der Waals surface area contributed by atoms with Gasteiger partial charge in [0.05, 0.1) is 25.0 Å². The van der Waals surface area contributed by atoms with Crippen molar-refractivity contribution in [3.8, 4) is 22.8 Å². The molecule has 0 saturated heterocycles. The van der Waals surface area contributed by atoms with Crippen LogP contribution in [0.15, 0.2) is 57.9 Å². The van der Waals surface area contributed by atoms with Gasteiger partial charge in [-0.25, -0.2) is 4.68 Å². The van der Waals surface area contributed by atoms with E-state index in [1.165, 1.54) is 10.7 Å². The fraction of sp³-hybridized carbons (Fsp3) is 0.211. The summed E-state index contributed by atoms with van der Waals surface area (Å²) in [7, 11) is 0. The number of hydrogen-bond acceptors (Lipinski definition) is 6. The lowest BCUT2D eigenvalue weighted by molar-refractivity contribution is -0.121. The lowest BCUT2D eigenvalue weighted by atomic mass is 10.1. The Hall–Kier alpha value is -3.55. The third kappa shape index (κ3) is 3.84. The average Bonchev–Trinajstić information content (AvgIpc) is 3.36. The molecule has 0 fully saturated rings. The summed E-state index contributed by atoms with van der Waals surface area (Å²) in [5.41, 5.74) is 1.15. The summed E-state index contributed by atoms with van der Waals surface area (Å²) in [5, 5.41) is 7.10. The zero-order valence-electron chi connectivity index (χ0n) is 14.4. The third-order valence-corrected chi connectivity index (χ3v) is 4.13. The highest BCUT2D eigenvalue weighted by atomic mass is 16.7. The van der Waals surface area contributed by atoms with Crippen LogP contribution in [-0.2, 0) is 17.9 Å². The monoisotopic (exact) mass is 367 g/mol. The first-order valence-corrected chi connectivity index (χ1v) is 8.46. The van der Waals surface area contributed by atoms with E-state index in [0.717, 1.165) is 5.56 Å². The summed E-state index contributed by atoms with van der Waals surface area (Å²) < 4.78 is 17.1. The number of aryl methyl sites for hydroxylation is 1. The molecule has 1 N–H and O–H groups in total. The fourth-order valence-electron chi connectivity index (χ4n) is 2.71. The summed E-state index contributed by atoms with van der Waals surface area (Å²) >= 11 is 0. The smallest absolute Gasteiger partial charge is 0.266 e. The van der Waals surface area contributed by atoms with E-state index in [-0.39, 0.29) is 31.2 Å². The van der Waals surface area contributed by atoms with Crippen molar-refractivity contribution < 1.29 is 18.7 Å². The molecule has 138 valence electrons. The molecule has 0 saturated carbocycles. The van der Waals surface area contributed by atoms with Crippen LogP contribution in [-0.4, -0.2) is 22.5 Å². The minimum Gasteiger partial charge on any atom is -0.467 e. The van der Waals surface area contributed by atoms with Gasteiger partial charge in [-0.1, -0.05) is 0 Å². The van der Waals surface area contributed by atoms with Gasteiger partial charge in [0.1, 0.15) is 5.76 Å². The van der Waals surface area contributed by atoms with Gasteiger partial charge < -0.3 is 19.2 Å². The van der Waals surface area contributed by atoms with E-state index in [9.17, 15) is 9.59 Å². The van der Waals surface area contributed by atoms with Crippen LogP contribution >= 0.6 is 0 Å². The van der Waals surface area contributed by atoms with Crippen molar-refractivity contribution in [2.75, 3.05) is 6.79 Å². The molecule has 0 spiro atoms. The first kappa shape index (κ1) is 16.9. The van der Waals surface area contributed by atoms with Gasteiger partial charge in [0.2, 0.25) is 12.7 Å². The topological polar surface area (TPSA) is 95.6 Å². The van der Waals surface area contributed by atoms with Crippen molar-refractivity contribution in [1.82, 2.24) is 15.1 Å². The van der Waals surface area contributed by atoms with E-state index in [2.05, 4.69) is 10.4 Å². The predicted octanol–water partition coefficient (Wildman–Crippen LogP) is 1.94. The van der Waals surface area contributed by atoms with Crippen LogP contribution in [0.4, 0.5) is 0 Å². The maximum Gasteiger partial charge on any atom is 0.266 e. The highest BCUT2D eigenvalue weighted by molar-refractivity contribution is 5.75. The first-order valence-electron chi connectivity index (χ1n) is 8.46. The minimum atomic E-state index is -0.265. The largest absolute Gasteiger partial charge is 0.467 e. The maximum atomic E-state index is 12.1. The van der Waals surface area contributed by atoms with Crippen LogP contribution in [0.25, 0.3) is 11.3 Å². The van der Waals surface area contributed by atoms with Crippen molar-refractivity contribution in [3.63, 3.8) is 0 Å². The molecule has 0 atom stereocenters. The van der Waals surface area contributed by atoms with Gasteiger partial charge in [0.25, 0.3) is 5.56 Å². The molecule has 1 amide bonds. The second-order valence-corrected chi connectivity index (χ2v) is 5.95. The van der Waals surface area contributed by atoms with Crippen molar-refractivity contribution in [3.05, 3.63) is 64.8 Å². The molecule has 1 aliphatic rings. The number of nitrogens with zero attached hydrogens (tertiary/aromatic N) is 2. The van der Waals surface area contributed by atoms with Gasteiger partial charge in [0.15, 0.2) is 11.5 Å². The maximum absolute atomic E-state index is 12.1. The Morgan fingerprint density at radius 3 is 2.89 bits per heavy atom. The number of fused-ring (bicyclic) bond motifs is 1. The fourth-order valence-corrected chi connectivity index (χ4v) is 2.71. The summed E-state index contributed by atoms with van der Waals surface area (Å²) in [4.78, 5) is 24.0. The number of carbonyl (C=O) groups is 1. The average molecular weight is 367 g/mol. The summed E-state index contributed by atoms with van der Waals surface area (Å²) in [6.07, 6.45) is 1.69. The zero-order valence-corrected chi connectivity index (χ0v) is 14.4. The Balaban J connectivity index is 1.43. The van der Waals surface area contributed by atoms with Crippen molar-refractivity contribution in [2.45, 2.75) is 19.5 Å². The number of furan rings is 1. The molecule has 0 aliphatic carbocycles.